The van der Waals surface area contributed by atoms with Gasteiger partial charge in [0.25, 0.3) is 0 Å². The summed E-state index contributed by atoms with van der Waals surface area (Å²) in [7, 11) is 0. The molecule has 1 N–H and O–H groups in total. The molecule has 12 heavy (non-hydrogen) atoms. The summed E-state index contributed by atoms with van der Waals surface area (Å²) in [5.74, 6) is 0.821. The summed E-state index contributed by atoms with van der Waals surface area (Å²) in [5, 5.41) is 3.60. The Morgan fingerprint density at radius 3 is 3.08 bits per heavy atom. The van der Waals surface area contributed by atoms with Crippen molar-refractivity contribution in [2.24, 2.45) is 0 Å². The van der Waals surface area contributed by atoms with Gasteiger partial charge in [-0.2, -0.15) is 0 Å². The van der Waals surface area contributed by atoms with Gasteiger partial charge in [-0.3, -0.25) is 0 Å². The fraction of sp³-hybridized carbons (Fsp3) is 0.455. The van der Waals surface area contributed by atoms with Crippen molar-refractivity contribution < 1.29 is 0 Å². The highest BCUT2D eigenvalue weighted by Crippen LogP contribution is 2.44. The monoisotopic (exact) mass is 159 g/mol. The highest BCUT2D eigenvalue weighted by molar-refractivity contribution is 5.59. The third-order valence-electron chi connectivity index (χ3n) is 3.22. The average Bonchev–Trinajstić information content (AvgIpc) is 2.62. The van der Waals surface area contributed by atoms with Gasteiger partial charge in [-0.1, -0.05) is 24.6 Å². The van der Waals surface area contributed by atoms with E-state index in [-0.39, 0.29) is 0 Å². The lowest BCUT2D eigenvalue weighted by atomic mass is 9.98. The van der Waals surface area contributed by atoms with E-state index < -0.39 is 0 Å². The minimum Gasteiger partial charge on any atom is -0.381 e. The minimum atomic E-state index is 0.752. The average molecular weight is 159 g/mol. The van der Waals surface area contributed by atoms with Crippen LogP contribution in [0.5, 0.6) is 0 Å². The number of hydrogen-bond acceptors (Lipinski definition) is 1. The van der Waals surface area contributed by atoms with Gasteiger partial charge >= 0.3 is 0 Å². The molecule has 1 aromatic rings. The first-order valence-electron chi connectivity index (χ1n) is 4.80. The van der Waals surface area contributed by atoms with Gasteiger partial charge in [0.15, 0.2) is 0 Å². The molecule has 1 unspecified atom stereocenters. The maximum absolute atomic E-state index is 3.60. The van der Waals surface area contributed by atoms with E-state index in [2.05, 4.69) is 29.6 Å². The summed E-state index contributed by atoms with van der Waals surface area (Å²) in [4.78, 5) is 0. The SMILES string of the molecule is c1ccc2c(c1)N[C@@H]1CCCC21. The molecule has 0 aromatic heterocycles. The van der Waals surface area contributed by atoms with E-state index in [0.29, 0.717) is 0 Å². The zero-order valence-electron chi connectivity index (χ0n) is 7.09. The third kappa shape index (κ3) is 0.739. The Labute approximate surface area is 72.8 Å². The van der Waals surface area contributed by atoms with Crippen LogP contribution in [0.25, 0.3) is 0 Å². The van der Waals surface area contributed by atoms with E-state index in [1.54, 1.807) is 5.56 Å². The zero-order valence-corrected chi connectivity index (χ0v) is 7.09. The van der Waals surface area contributed by atoms with Crippen LogP contribution in [0.4, 0.5) is 5.69 Å². The topological polar surface area (TPSA) is 12.0 Å². The van der Waals surface area contributed by atoms with E-state index in [1.807, 2.05) is 0 Å². The molecule has 1 heterocycles. The van der Waals surface area contributed by atoms with Crippen LogP contribution < -0.4 is 5.32 Å². The predicted octanol–water partition coefficient (Wildman–Crippen LogP) is 2.75. The first-order valence-corrected chi connectivity index (χ1v) is 4.80. The van der Waals surface area contributed by atoms with Crippen molar-refractivity contribution in [3.05, 3.63) is 29.8 Å². The molecule has 1 saturated carbocycles. The van der Waals surface area contributed by atoms with Crippen molar-refractivity contribution in [3.8, 4) is 0 Å². The lowest BCUT2D eigenvalue weighted by molar-refractivity contribution is 0.689. The number of anilines is 1. The van der Waals surface area contributed by atoms with Crippen molar-refractivity contribution in [3.63, 3.8) is 0 Å². The van der Waals surface area contributed by atoms with Gasteiger partial charge in [-0.15, -0.1) is 0 Å². The van der Waals surface area contributed by atoms with Crippen molar-refractivity contribution in [2.45, 2.75) is 31.2 Å². The van der Waals surface area contributed by atoms with E-state index >= 15 is 0 Å². The Balaban J connectivity index is 2.09. The summed E-state index contributed by atoms with van der Waals surface area (Å²) < 4.78 is 0. The van der Waals surface area contributed by atoms with Crippen LogP contribution in [0.3, 0.4) is 0 Å². The third-order valence-corrected chi connectivity index (χ3v) is 3.22. The molecule has 0 bridgehead atoms. The molecule has 1 fully saturated rings. The number of nitrogens with one attached hydrogen (secondary N) is 1. The standard InChI is InChI=1S/C11H13N/c1-2-6-10-8(4-1)9-5-3-7-11(9)12-10/h1-2,4,6,9,11-12H,3,5,7H2/t9?,11-/m1/s1. The Bertz CT molecular complexity index is 306. The second kappa shape index (κ2) is 2.25. The van der Waals surface area contributed by atoms with Crippen molar-refractivity contribution in [2.75, 3.05) is 5.32 Å². The normalized spacial score (nSPS) is 31.0. The zero-order chi connectivity index (χ0) is 7.97. The summed E-state index contributed by atoms with van der Waals surface area (Å²) in [6.45, 7) is 0. The highest BCUT2D eigenvalue weighted by atomic mass is 15.0. The van der Waals surface area contributed by atoms with Gasteiger partial charge in [0, 0.05) is 17.6 Å². The van der Waals surface area contributed by atoms with Crippen molar-refractivity contribution in [1.29, 1.82) is 0 Å². The largest absolute Gasteiger partial charge is 0.381 e. The van der Waals surface area contributed by atoms with E-state index in [0.717, 1.165) is 12.0 Å². The van der Waals surface area contributed by atoms with Crippen LogP contribution in [0.2, 0.25) is 0 Å². The van der Waals surface area contributed by atoms with Gasteiger partial charge in [0.1, 0.15) is 0 Å². The van der Waals surface area contributed by atoms with Gasteiger partial charge in [-0.25, -0.2) is 0 Å². The Kier molecular flexibility index (Phi) is 1.23. The molecular formula is C11H13N. The first-order chi connectivity index (χ1) is 5.95. The molecule has 62 valence electrons. The molecular weight excluding hydrogens is 146 g/mol. The van der Waals surface area contributed by atoms with Crippen LogP contribution >= 0.6 is 0 Å². The molecule has 0 radical (unpaired) electrons. The van der Waals surface area contributed by atoms with E-state index in [4.69, 9.17) is 0 Å². The van der Waals surface area contributed by atoms with Crippen LogP contribution in [0.1, 0.15) is 30.7 Å². The van der Waals surface area contributed by atoms with E-state index in [9.17, 15) is 0 Å². The van der Waals surface area contributed by atoms with Gasteiger partial charge in [0.2, 0.25) is 0 Å². The molecule has 1 nitrogen and oxygen atoms in total. The van der Waals surface area contributed by atoms with Gasteiger partial charge < -0.3 is 5.32 Å². The summed E-state index contributed by atoms with van der Waals surface area (Å²) in [6, 6.07) is 9.50. The first kappa shape index (κ1) is 6.53. The fourth-order valence-corrected chi connectivity index (χ4v) is 2.66. The molecule has 2 atom stereocenters. The number of para-hydroxylation sites is 1. The summed E-state index contributed by atoms with van der Waals surface area (Å²) in [6.07, 6.45) is 4.14. The summed E-state index contributed by atoms with van der Waals surface area (Å²) in [5.41, 5.74) is 2.94. The van der Waals surface area contributed by atoms with Gasteiger partial charge in [-0.05, 0) is 24.5 Å². The van der Waals surface area contributed by atoms with Crippen LogP contribution in [0.15, 0.2) is 24.3 Å². The fourth-order valence-electron chi connectivity index (χ4n) is 2.66. The second-order valence-electron chi connectivity index (χ2n) is 3.88. The number of benzene rings is 1. The smallest absolute Gasteiger partial charge is 0.0378 e. The molecule has 1 aliphatic carbocycles. The minimum absolute atomic E-state index is 0.752. The maximum Gasteiger partial charge on any atom is 0.0378 e. The van der Waals surface area contributed by atoms with Crippen LogP contribution in [-0.4, -0.2) is 6.04 Å². The molecule has 0 saturated heterocycles. The molecule has 3 rings (SSSR count). The van der Waals surface area contributed by atoms with Crippen molar-refractivity contribution >= 4 is 5.69 Å². The molecule has 0 spiro atoms. The van der Waals surface area contributed by atoms with Crippen molar-refractivity contribution in [1.82, 2.24) is 0 Å². The number of rotatable bonds is 0. The van der Waals surface area contributed by atoms with Crippen LogP contribution in [-0.2, 0) is 0 Å². The lowest BCUT2D eigenvalue weighted by Crippen LogP contribution is -2.13. The molecule has 1 aliphatic heterocycles. The Morgan fingerprint density at radius 1 is 1.17 bits per heavy atom. The quantitative estimate of drug-likeness (QED) is 0.613. The van der Waals surface area contributed by atoms with E-state index in [1.165, 1.54) is 24.9 Å². The molecule has 0 amide bonds. The number of hydrogen-bond donors (Lipinski definition) is 1. The molecule has 2 aliphatic rings. The molecule has 1 heteroatoms. The second-order valence-corrected chi connectivity index (χ2v) is 3.88. The van der Waals surface area contributed by atoms with Crippen LogP contribution in [0, 0.1) is 0 Å². The Hall–Kier alpha value is -0.980. The molecule has 1 aromatic carbocycles. The lowest BCUT2D eigenvalue weighted by Gasteiger charge is -2.07. The predicted molar refractivity (Wildman–Crippen MR) is 50.4 cm³/mol. The number of fused-ring (bicyclic) bond motifs is 3. The summed E-state index contributed by atoms with van der Waals surface area (Å²) >= 11 is 0. The maximum atomic E-state index is 3.60. The van der Waals surface area contributed by atoms with Gasteiger partial charge in [0.05, 0.1) is 0 Å². The Morgan fingerprint density at radius 2 is 2.08 bits per heavy atom. The highest BCUT2D eigenvalue weighted by Gasteiger charge is 2.34.